The monoisotopic (exact) mass is 282 g/mol. The number of nitrogens with one attached hydrogen (secondary N) is 2. The van der Waals surface area contributed by atoms with E-state index < -0.39 is 11.9 Å². The number of thiophene rings is 1. The van der Waals surface area contributed by atoms with Gasteiger partial charge in [0.25, 0.3) is 5.91 Å². The minimum atomic E-state index is -0.791. The number of hydrogen-bond acceptors (Lipinski definition) is 4. The van der Waals surface area contributed by atoms with Crippen molar-refractivity contribution in [1.82, 2.24) is 0 Å². The van der Waals surface area contributed by atoms with Crippen LogP contribution in [0, 0.1) is 5.92 Å². The van der Waals surface area contributed by atoms with E-state index in [9.17, 15) is 14.4 Å². The number of primary amides is 2. The van der Waals surface area contributed by atoms with Crippen molar-refractivity contribution in [3.63, 3.8) is 0 Å². The predicted octanol–water partition coefficient (Wildman–Crippen LogP) is 1.08. The number of hydrogen-bond donors (Lipinski definition) is 4. The highest BCUT2D eigenvalue weighted by molar-refractivity contribution is 7.20. The van der Waals surface area contributed by atoms with E-state index in [0.717, 1.165) is 30.6 Å². The second-order valence-corrected chi connectivity index (χ2v) is 5.38. The Labute approximate surface area is 113 Å². The lowest BCUT2D eigenvalue weighted by Gasteiger charge is -2.23. The molecule has 102 valence electrons. The van der Waals surface area contributed by atoms with E-state index in [-0.39, 0.29) is 22.4 Å². The Bertz CT molecular complexity index is 536. The molecule has 19 heavy (non-hydrogen) atoms. The summed E-state index contributed by atoms with van der Waals surface area (Å²) in [5.74, 6) is -0.732. The molecule has 1 aromatic rings. The first-order chi connectivity index (χ1) is 8.97. The number of carbonyl (C=O) groups is 3. The highest BCUT2D eigenvalue weighted by Crippen LogP contribution is 2.34. The molecule has 0 saturated heterocycles. The average molecular weight is 282 g/mol. The molecule has 0 unspecified atom stereocenters. The third-order valence-corrected chi connectivity index (χ3v) is 3.92. The van der Waals surface area contributed by atoms with Gasteiger partial charge in [-0.3, -0.25) is 14.9 Å². The molecule has 1 aliphatic rings. The van der Waals surface area contributed by atoms with E-state index in [1.54, 1.807) is 0 Å². The zero-order chi connectivity index (χ0) is 14.0. The molecule has 7 nitrogen and oxygen atoms in total. The number of rotatable bonds is 4. The van der Waals surface area contributed by atoms with E-state index in [2.05, 4.69) is 10.6 Å². The highest BCUT2D eigenvalue weighted by Gasteiger charge is 2.26. The molecule has 8 heteroatoms. The van der Waals surface area contributed by atoms with Gasteiger partial charge in [0.15, 0.2) is 0 Å². The molecule has 0 aromatic carbocycles. The molecule has 4 amide bonds. The molecule has 0 spiro atoms. The maximum Gasteiger partial charge on any atom is 0.317 e. The van der Waals surface area contributed by atoms with Gasteiger partial charge in [0.2, 0.25) is 5.91 Å². The van der Waals surface area contributed by atoms with Crippen molar-refractivity contribution in [2.24, 2.45) is 17.4 Å². The molecule has 2 rings (SSSR count). The van der Waals surface area contributed by atoms with E-state index in [4.69, 9.17) is 11.5 Å². The SMILES string of the molecule is NC(=O)Nc1sc(NC(=O)C2CCC2)cc1C(N)=O. The number of urea groups is 1. The van der Waals surface area contributed by atoms with Gasteiger partial charge in [-0.1, -0.05) is 17.8 Å². The minimum absolute atomic E-state index is 0.0340. The number of amides is 4. The van der Waals surface area contributed by atoms with Gasteiger partial charge >= 0.3 is 6.03 Å². The van der Waals surface area contributed by atoms with Crippen molar-refractivity contribution in [2.75, 3.05) is 10.6 Å². The number of anilines is 2. The van der Waals surface area contributed by atoms with Gasteiger partial charge in [-0.15, -0.1) is 0 Å². The number of carbonyl (C=O) groups excluding carboxylic acids is 3. The fourth-order valence-electron chi connectivity index (χ4n) is 1.73. The lowest BCUT2D eigenvalue weighted by Crippen LogP contribution is -2.27. The topological polar surface area (TPSA) is 127 Å². The van der Waals surface area contributed by atoms with Crippen molar-refractivity contribution in [1.29, 1.82) is 0 Å². The first-order valence-corrected chi connectivity index (χ1v) is 6.60. The molecule has 0 atom stereocenters. The van der Waals surface area contributed by atoms with Gasteiger partial charge in [-0.25, -0.2) is 4.79 Å². The Hall–Kier alpha value is -2.09. The maximum absolute atomic E-state index is 11.8. The quantitative estimate of drug-likeness (QED) is 0.659. The lowest BCUT2D eigenvalue weighted by molar-refractivity contribution is -0.122. The fraction of sp³-hybridized carbons (Fsp3) is 0.364. The maximum atomic E-state index is 11.8. The minimum Gasteiger partial charge on any atom is -0.366 e. The van der Waals surface area contributed by atoms with Crippen LogP contribution in [0.1, 0.15) is 29.6 Å². The summed E-state index contributed by atoms with van der Waals surface area (Å²) >= 11 is 1.05. The third-order valence-electron chi connectivity index (χ3n) is 2.96. The van der Waals surface area contributed by atoms with E-state index in [1.165, 1.54) is 6.07 Å². The summed E-state index contributed by atoms with van der Waals surface area (Å²) in [6.45, 7) is 0. The second kappa shape index (κ2) is 5.27. The Morgan fingerprint density at radius 1 is 1.21 bits per heavy atom. The van der Waals surface area contributed by atoms with Crippen molar-refractivity contribution >= 4 is 39.2 Å². The summed E-state index contributed by atoms with van der Waals surface area (Å²) in [6.07, 6.45) is 2.82. The van der Waals surface area contributed by atoms with Crippen LogP contribution in [0.25, 0.3) is 0 Å². The molecule has 1 saturated carbocycles. The zero-order valence-electron chi connectivity index (χ0n) is 10.1. The molecule has 0 radical (unpaired) electrons. The van der Waals surface area contributed by atoms with Gasteiger partial charge in [-0.2, -0.15) is 0 Å². The van der Waals surface area contributed by atoms with Gasteiger partial charge in [0.05, 0.1) is 10.6 Å². The fourth-order valence-corrected chi connectivity index (χ4v) is 2.70. The Balaban J connectivity index is 2.14. The van der Waals surface area contributed by atoms with Crippen LogP contribution < -0.4 is 22.1 Å². The largest absolute Gasteiger partial charge is 0.366 e. The normalized spacial score (nSPS) is 14.5. The highest BCUT2D eigenvalue weighted by atomic mass is 32.1. The van der Waals surface area contributed by atoms with Crippen molar-refractivity contribution in [3.8, 4) is 0 Å². The summed E-state index contributed by atoms with van der Waals surface area (Å²) in [5, 5.41) is 5.73. The van der Waals surface area contributed by atoms with Crippen molar-refractivity contribution in [2.45, 2.75) is 19.3 Å². The van der Waals surface area contributed by atoms with Crippen LogP contribution in [0.5, 0.6) is 0 Å². The van der Waals surface area contributed by atoms with E-state index in [1.807, 2.05) is 0 Å². The van der Waals surface area contributed by atoms with Crippen molar-refractivity contribution in [3.05, 3.63) is 11.6 Å². The third kappa shape index (κ3) is 3.02. The predicted molar refractivity (Wildman–Crippen MR) is 72.0 cm³/mol. The van der Waals surface area contributed by atoms with Crippen molar-refractivity contribution < 1.29 is 14.4 Å². The van der Waals surface area contributed by atoms with E-state index in [0.29, 0.717) is 5.00 Å². The molecule has 1 aromatic heterocycles. The van der Waals surface area contributed by atoms with Crippen LogP contribution in [0.2, 0.25) is 0 Å². The molecule has 0 aliphatic heterocycles. The Morgan fingerprint density at radius 3 is 2.37 bits per heavy atom. The molecular formula is C11H14N4O3S. The van der Waals surface area contributed by atoms with Crippen LogP contribution in [0.15, 0.2) is 6.07 Å². The van der Waals surface area contributed by atoms with Crippen LogP contribution in [-0.4, -0.2) is 17.8 Å². The summed E-state index contributed by atoms with van der Waals surface area (Å²) in [5.41, 5.74) is 10.3. The summed E-state index contributed by atoms with van der Waals surface area (Å²) in [6, 6.07) is 0.649. The molecule has 6 N–H and O–H groups in total. The van der Waals surface area contributed by atoms with Crippen LogP contribution in [0.3, 0.4) is 0 Å². The Kier molecular flexibility index (Phi) is 3.70. The van der Waals surface area contributed by atoms with Gasteiger partial charge in [0.1, 0.15) is 5.00 Å². The van der Waals surface area contributed by atoms with Gasteiger partial charge < -0.3 is 16.8 Å². The summed E-state index contributed by atoms with van der Waals surface area (Å²) < 4.78 is 0. The van der Waals surface area contributed by atoms with Crippen LogP contribution in [-0.2, 0) is 4.79 Å². The number of nitrogens with two attached hydrogens (primary N) is 2. The molecule has 1 heterocycles. The first kappa shape index (κ1) is 13.3. The summed E-state index contributed by atoms with van der Waals surface area (Å²) in [7, 11) is 0. The Morgan fingerprint density at radius 2 is 1.89 bits per heavy atom. The zero-order valence-corrected chi connectivity index (χ0v) is 10.9. The molecule has 1 fully saturated rings. The van der Waals surface area contributed by atoms with Gasteiger partial charge in [0, 0.05) is 5.92 Å². The standard InChI is InChI=1S/C11H14N4O3S/c12-8(16)6-4-7(19-10(6)15-11(13)18)14-9(17)5-2-1-3-5/h4-5H,1-3H2,(H2,12,16)(H,14,17)(H3,13,15,18). The van der Waals surface area contributed by atoms with Gasteiger partial charge in [-0.05, 0) is 18.9 Å². The van der Waals surface area contributed by atoms with Crippen LogP contribution in [0.4, 0.5) is 14.8 Å². The van der Waals surface area contributed by atoms with Crippen LogP contribution >= 0.6 is 11.3 Å². The molecular weight excluding hydrogens is 268 g/mol. The first-order valence-electron chi connectivity index (χ1n) is 5.78. The smallest absolute Gasteiger partial charge is 0.317 e. The molecule has 1 aliphatic carbocycles. The van der Waals surface area contributed by atoms with E-state index >= 15 is 0 Å². The molecule has 0 bridgehead atoms. The lowest BCUT2D eigenvalue weighted by atomic mass is 9.85. The average Bonchev–Trinajstić information content (AvgIpc) is 2.56. The second-order valence-electron chi connectivity index (χ2n) is 4.32. The summed E-state index contributed by atoms with van der Waals surface area (Å²) in [4.78, 5) is 33.8.